The number of dihydropyridines is 1. The molecule has 0 aromatic carbocycles. The average molecular weight is 151 g/mol. The molecule has 60 valence electrons. The van der Waals surface area contributed by atoms with Crippen molar-refractivity contribution in [3.05, 3.63) is 12.2 Å². The number of nitrogens with zero attached hydrogens (tertiary/aromatic N) is 1. The maximum atomic E-state index is 9.56. The van der Waals surface area contributed by atoms with Crippen LogP contribution in [0.4, 0.5) is 0 Å². The van der Waals surface area contributed by atoms with Crippen molar-refractivity contribution in [3.8, 4) is 0 Å². The van der Waals surface area contributed by atoms with Gasteiger partial charge in [0.2, 0.25) is 0 Å². The fourth-order valence-electron chi connectivity index (χ4n) is 1.95. The summed E-state index contributed by atoms with van der Waals surface area (Å²) in [6.45, 7) is 0. The standard InChI is InChI=1S/C9H13NO/c11-8-5-1-3-7-4-2-6-10-9(7)8/h2,4,6-9,11H,1,3,5H2. The highest BCUT2D eigenvalue weighted by atomic mass is 16.3. The van der Waals surface area contributed by atoms with Crippen LogP contribution in [0.15, 0.2) is 17.1 Å². The van der Waals surface area contributed by atoms with Crippen LogP contribution in [-0.4, -0.2) is 23.5 Å². The Kier molecular flexibility index (Phi) is 1.78. The third kappa shape index (κ3) is 1.23. The van der Waals surface area contributed by atoms with Crippen molar-refractivity contribution >= 4 is 6.21 Å². The molecule has 0 bridgehead atoms. The van der Waals surface area contributed by atoms with E-state index in [1.807, 2.05) is 6.08 Å². The first kappa shape index (κ1) is 7.04. The summed E-state index contributed by atoms with van der Waals surface area (Å²) in [5.41, 5.74) is 0. The Morgan fingerprint density at radius 1 is 1.36 bits per heavy atom. The number of aliphatic imine (C=N–C) groups is 1. The van der Waals surface area contributed by atoms with Gasteiger partial charge in [-0.15, -0.1) is 0 Å². The van der Waals surface area contributed by atoms with E-state index in [1.165, 1.54) is 6.42 Å². The van der Waals surface area contributed by atoms with E-state index in [0.29, 0.717) is 5.92 Å². The first-order valence-corrected chi connectivity index (χ1v) is 4.26. The topological polar surface area (TPSA) is 32.6 Å². The van der Waals surface area contributed by atoms with Gasteiger partial charge in [-0.2, -0.15) is 0 Å². The molecular weight excluding hydrogens is 138 g/mol. The normalized spacial score (nSPS) is 42.1. The van der Waals surface area contributed by atoms with E-state index >= 15 is 0 Å². The quantitative estimate of drug-likeness (QED) is 0.553. The Balaban J connectivity index is 2.14. The molecular formula is C9H13NO. The van der Waals surface area contributed by atoms with E-state index < -0.39 is 0 Å². The molecule has 0 amide bonds. The predicted molar refractivity (Wildman–Crippen MR) is 44.8 cm³/mol. The molecule has 0 radical (unpaired) electrons. The van der Waals surface area contributed by atoms with Crippen LogP contribution in [0.3, 0.4) is 0 Å². The van der Waals surface area contributed by atoms with Gasteiger partial charge >= 0.3 is 0 Å². The van der Waals surface area contributed by atoms with Crippen LogP contribution in [0.5, 0.6) is 0 Å². The fraction of sp³-hybridized carbons (Fsp3) is 0.667. The lowest BCUT2D eigenvalue weighted by Gasteiger charge is -2.32. The van der Waals surface area contributed by atoms with Crippen molar-refractivity contribution in [1.82, 2.24) is 0 Å². The molecule has 1 heterocycles. The van der Waals surface area contributed by atoms with Gasteiger partial charge in [0.1, 0.15) is 0 Å². The van der Waals surface area contributed by atoms with Crippen LogP contribution < -0.4 is 0 Å². The number of aliphatic hydroxyl groups is 1. The molecule has 1 N–H and O–H groups in total. The number of rotatable bonds is 0. The smallest absolute Gasteiger partial charge is 0.0820 e. The van der Waals surface area contributed by atoms with E-state index in [2.05, 4.69) is 11.1 Å². The molecule has 1 saturated carbocycles. The van der Waals surface area contributed by atoms with Gasteiger partial charge in [-0.1, -0.05) is 12.5 Å². The third-order valence-corrected chi connectivity index (χ3v) is 2.57. The highest BCUT2D eigenvalue weighted by Crippen LogP contribution is 2.29. The lowest BCUT2D eigenvalue weighted by atomic mass is 9.82. The fourth-order valence-corrected chi connectivity index (χ4v) is 1.95. The first-order valence-electron chi connectivity index (χ1n) is 4.26. The minimum absolute atomic E-state index is 0.161. The zero-order valence-electron chi connectivity index (χ0n) is 6.48. The minimum Gasteiger partial charge on any atom is -0.391 e. The average Bonchev–Trinajstić information content (AvgIpc) is 2.06. The molecule has 2 rings (SSSR count). The van der Waals surface area contributed by atoms with Gasteiger partial charge in [-0.05, 0) is 18.9 Å². The van der Waals surface area contributed by atoms with Gasteiger partial charge in [0.25, 0.3) is 0 Å². The lowest BCUT2D eigenvalue weighted by molar-refractivity contribution is 0.0898. The van der Waals surface area contributed by atoms with Gasteiger partial charge in [-0.3, -0.25) is 4.99 Å². The largest absolute Gasteiger partial charge is 0.391 e. The van der Waals surface area contributed by atoms with Crippen LogP contribution in [0.2, 0.25) is 0 Å². The van der Waals surface area contributed by atoms with Crippen LogP contribution >= 0.6 is 0 Å². The summed E-state index contributed by atoms with van der Waals surface area (Å²) in [6, 6.07) is 0.161. The van der Waals surface area contributed by atoms with E-state index in [9.17, 15) is 5.11 Å². The number of allylic oxidation sites excluding steroid dienone is 1. The van der Waals surface area contributed by atoms with Crippen molar-refractivity contribution < 1.29 is 5.11 Å². The SMILES string of the molecule is OC1CCCC2C=CC=NC12. The van der Waals surface area contributed by atoms with E-state index in [1.54, 1.807) is 6.21 Å². The maximum Gasteiger partial charge on any atom is 0.0820 e. The minimum atomic E-state index is -0.199. The first-order chi connectivity index (χ1) is 5.38. The van der Waals surface area contributed by atoms with Crippen molar-refractivity contribution in [1.29, 1.82) is 0 Å². The number of hydrogen-bond acceptors (Lipinski definition) is 2. The number of aliphatic hydroxyl groups excluding tert-OH is 1. The van der Waals surface area contributed by atoms with Crippen molar-refractivity contribution in [2.24, 2.45) is 10.9 Å². The summed E-state index contributed by atoms with van der Waals surface area (Å²) in [7, 11) is 0. The number of fused-ring (bicyclic) bond motifs is 1. The molecule has 3 unspecified atom stereocenters. The Morgan fingerprint density at radius 3 is 3.09 bits per heavy atom. The molecule has 2 aliphatic rings. The summed E-state index contributed by atoms with van der Waals surface area (Å²) < 4.78 is 0. The molecule has 2 nitrogen and oxygen atoms in total. The van der Waals surface area contributed by atoms with E-state index in [4.69, 9.17) is 0 Å². The molecule has 1 aliphatic carbocycles. The van der Waals surface area contributed by atoms with Crippen molar-refractivity contribution in [2.75, 3.05) is 0 Å². The Bertz CT molecular complexity index is 198. The highest BCUT2D eigenvalue weighted by Gasteiger charge is 2.30. The summed E-state index contributed by atoms with van der Waals surface area (Å²) in [5.74, 6) is 0.503. The second-order valence-electron chi connectivity index (χ2n) is 3.34. The van der Waals surface area contributed by atoms with Crippen molar-refractivity contribution in [3.63, 3.8) is 0 Å². The van der Waals surface area contributed by atoms with E-state index in [-0.39, 0.29) is 12.1 Å². The zero-order valence-corrected chi connectivity index (χ0v) is 6.48. The van der Waals surface area contributed by atoms with E-state index in [0.717, 1.165) is 12.8 Å². The second-order valence-corrected chi connectivity index (χ2v) is 3.34. The van der Waals surface area contributed by atoms with Gasteiger partial charge in [0.05, 0.1) is 12.1 Å². The predicted octanol–water partition coefficient (Wildman–Crippen LogP) is 1.16. The van der Waals surface area contributed by atoms with Gasteiger partial charge in [0, 0.05) is 12.1 Å². The van der Waals surface area contributed by atoms with Gasteiger partial charge < -0.3 is 5.11 Å². The molecule has 2 heteroatoms. The molecule has 3 atom stereocenters. The van der Waals surface area contributed by atoms with Crippen LogP contribution in [0.25, 0.3) is 0 Å². The molecule has 0 saturated heterocycles. The zero-order chi connectivity index (χ0) is 7.68. The van der Waals surface area contributed by atoms with Gasteiger partial charge in [-0.25, -0.2) is 0 Å². The summed E-state index contributed by atoms with van der Waals surface area (Å²) in [4.78, 5) is 4.27. The molecule has 11 heavy (non-hydrogen) atoms. The Morgan fingerprint density at radius 2 is 2.27 bits per heavy atom. The van der Waals surface area contributed by atoms with Crippen molar-refractivity contribution in [2.45, 2.75) is 31.4 Å². The molecule has 0 aromatic rings. The van der Waals surface area contributed by atoms with Crippen LogP contribution in [0.1, 0.15) is 19.3 Å². The molecule has 0 spiro atoms. The lowest BCUT2D eigenvalue weighted by Crippen LogP contribution is -2.36. The summed E-state index contributed by atoms with van der Waals surface area (Å²) in [6.07, 6.45) is 9.01. The van der Waals surface area contributed by atoms with Crippen LogP contribution in [-0.2, 0) is 0 Å². The molecule has 1 fully saturated rings. The monoisotopic (exact) mass is 151 g/mol. The second kappa shape index (κ2) is 2.78. The molecule has 1 aliphatic heterocycles. The highest BCUT2D eigenvalue weighted by molar-refractivity contribution is 5.72. The maximum absolute atomic E-state index is 9.56. The van der Waals surface area contributed by atoms with Gasteiger partial charge in [0.15, 0.2) is 0 Å². The number of hydrogen-bond donors (Lipinski definition) is 1. The summed E-state index contributed by atoms with van der Waals surface area (Å²) >= 11 is 0. The Labute approximate surface area is 66.6 Å². The third-order valence-electron chi connectivity index (χ3n) is 2.57. The van der Waals surface area contributed by atoms with Crippen LogP contribution in [0, 0.1) is 5.92 Å². The summed E-state index contributed by atoms with van der Waals surface area (Å²) in [5, 5.41) is 9.56. The molecule has 0 aromatic heterocycles. The Hall–Kier alpha value is -0.630.